The average Bonchev–Trinajstić information content (AvgIpc) is 2.53. The molecule has 1 heterocycles. The quantitative estimate of drug-likeness (QED) is 0.710. The Morgan fingerprint density at radius 1 is 1.04 bits per heavy atom. The summed E-state index contributed by atoms with van der Waals surface area (Å²) < 4.78 is 53.3. The largest absolute Gasteiger partial charge is 0.264 e. The van der Waals surface area contributed by atoms with Crippen LogP contribution in [0.5, 0.6) is 0 Å². The van der Waals surface area contributed by atoms with E-state index in [-0.39, 0.29) is 23.7 Å². The van der Waals surface area contributed by atoms with E-state index >= 15 is 0 Å². The molecule has 0 saturated heterocycles. The maximum absolute atomic E-state index is 12.3. The third kappa shape index (κ3) is 5.89. The van der Waals surface area contributed by atoms with E-state index < -0.39 is 20.0 Å². The van der Waals surface area contributed by atoms with E-state index in [1.165, 1.54) is 6.07 Å². The summed E-state index contributed by atoms with van der Waals surface area (Å²) in [6, 6.07) is 8.44. The summed E-state index contributed by atoms with van der Waals surface area (Å²) in [5, 5.41) is 0. The van der Waals surface area contributed by atoms with Gasteiger partial charge in [0, 0.05) is 25.5 Å². The molecule has 9 heteroatoms. The van der Waals surface area contributed by atoms with Gasteiger partial charge in [0.15, 0.2) is 0 Å². The normalized spacial score (nSPS) is 12.2. The number of aryl methyl sites for hydroxylation is 2. The van der Waals surface area contributed by atoms with Gasteiger partial charge in [-0.25, -0.2) is 26.3 Å². The lowest BCUT2D eigenvalue weighted by Crippen LogP contribution is -2.34. The van der Waals surface area contributed by atoms with Crippen molar-refractivity contribution < 1.29 is 16.8 Å². The van der Waals surface area contributed by atoms with Gasteiger partial charge in [0.25, 0.3) is 0 Å². The number of hydrogen-bond donors (Lipinski definition) is 2. The Labute approximate surface area is 148 Å². The number of nitrogens with zero attached hydrogens (tertiary/aromatic N) is 1. The molecule has 7 nitrogen and oxygen atoms in total. The zero-order chi connectivity index (χ0) is 18.5. The van der Waals surface area contributed by atoms with Crippen molar-refractivity contribution in [2.75, 3.05) is 12.3 Å². The van der Waals surface area contributed by atoms with Crippen molar-refractivity contribution in [1.29, 1.82) is 0 Å². The van der Waals surface area contributed by atoms with Gasteiger partial charge in [-0.1, -0.05) is 23.8 Å². The Balaban J connectivity index is 1.92. The molecule has 2 rings (SSSR count). The SMILES string of the molecule is Cc1ccc(S(=O)(=O)NCCS(=O)(=O)NCc2cccnc2)c(C)c1. The van der Waals surface area contributed by atoms with E-state index in [0.29, 0.717) is 5.56 Å². The molecule has 0 radical (unpaired) electrons. The van der Waals surface area contributed by atoms with Crippen LogP contribution in [-0.4, -0.2) is 34.1 Å². The highest BCUT2D eigenvalue weighted by Crippen LogP contribution is 2.16. The van der Waals surface area contributed by atoms with E-state index in [2.05, 4.69) is 14.4 Å². The molecule has 1 aromatic carbocycles. The molecule has 0 atom stereocenters. The van der Waals surface area contributed by atoms with Gasteiger partial charge in [-0.3, -0.25) is 4.98 Å². The third-order valence-corrected chi connectivity index (χ3v) is 6.45. The molecular formula is C16H21N3O4S2. The second kappa shape index (κ2) is 8.05. The highest BCUT2D eigenvalue weighted by molar-refractivity contribution is 7.90. The Bertz CT molecular complexity index is 927. The first kappa shape index (κ1) is 19.5. The first-order valence-electron chi connectivity index (χ1n) is 7.63. The van der Waals surface area contributed by atoms with Gasteiger partial charge < -0.3 is 0 Å². The number of sulfonamides is 2. The summed E-state index contributed by atoms with van der Waals surface area (Å²) in [6.45, 7) is 3.48. The summed E-state index contributed by atoms with van der Waals surface area (Å²) in [5.41, 5.74) is 2.30. The molecule has 1 aromatic heterocycles. The second-order valence-electron chi connectivity index (χ2n) is 5.67. The number of aromatic nitrogens is 1. The number of pyridine rings is 1. The molecule has 0 fully saturated rings. The molecule has 0 unspecified atom stereocenters. The lowest BCUT2D eigenvalue weighted by atomic mass is 10.2. The molecule has 136 valence electrons. The fourth-order valence-corrected chi connectivity index (χ4v) is 4.54. The Hall–Kier alpha value is -1.81. The summed E-state index contributed by atoms with van der Waals surface area (Å²) in [6.07, 6.45) is 3.16. The van der Waals surface area contributed by atoms with Crippen molar-refractivity contribution in [1.82, 2.24) is 14.4 Å². The minimum absolute atomic E-state index is 0.111. The molecule has 0 saturated carbocycles. The van der Waals surface area contributed by atoms with Gasteiger partial charge in [-0.15, -0.1) is 0 Å². The summed E-state index contributed by atoms with van der Waals surface area (Å²) >= 11 is 0. The molecule has 0 amide bonds. The van der Waals surface area contributed by atoms with Crippen LogP contribution in [0, 0.1) is 13.8 Å². The van der Waals surface area contributed by atoms with Crippen molar-refractivity contribution in [3.8, 4) is 0 Å². The summed E-state index contributed by atoms with van der Waals surface area (Å²) in [7, 11) is -7.36. The van der Waals surface area contributed by atoms with Crippen molar-refractivity contribution in [3.05, 3.63) is 59.4 Å². The molecule has 0 aliphatic carbocycles. The van der Waals surface area contributed by atoms with Crippen LogP contribution in [-0.2, 0) is 26.6 Å². The maximum Gasteiger partial charge on any atom is 0.240 e. The molecule has 0 spiro atoms. The number of rotatable bonds is 8. The van der Waals surface area contributed by atoms with Gasteiger partial charge in [0.1, 0.15) is 0 Å². The van der Waals surface area contributed by atoms with Crippen LogP contribution < -0.4 is 9.44 Å². The summed E-state index contributed by atoms with van der Waals surface area (Å²) in [4.78, 5) is 4.05. The predicted molar refractivity (Wildman–Crippen MR) is 96.0 cm³/mol. The third-order valence-electron chi connectivity index (χ3n) is 3.50. The first-order chi connectivity index (χ1) is 11.7. The van der Waals surface area contributed by atoms with Crippen LogP contribution >= 0.6 is 0 Å². The van der Waals surface area contributed by atoms with Gasteiger partial charge >= 0.3 is 0 Å². The molecule has 0 aliphatic heterocycles. The van der Waals surface area contributed by atoms with E-state index in [1.807, 2.05) is 6.92 Å². The predicted octanol–water partition coefficient (Wildman–Crippen LogP) is 1.10. The van der Waals surface area contributed by atoms with Crippen molar-refractivity contribution in [2.45, 2.75) is 25.3 Å². The standard InChI is InChI=1S/C16H21N3O4S2/c1-13-5-6-16(14(2)10-13)25(22,23)18-8-9-24(20,21)19-12-15-4-3-7-17-11-15/h3-7,10-11,18-19H,8-9,12H2,1-2H3. The van der Waals surface area contributed by atoms with Crippen molar-refractivity contribution >= 4 is 20.0 Å². The van der Waals surface area contributed by atoms with E-state index in [1.54, 1.807) is 43.6 Å². The fourth-order valence-electron chi connectivity index (χ4n) is 2.26. The monoisotopic (exact) mass is 383 g/mol. The maximum atomic E-state index is 12.3. The summed E-state index contributed by atoms with van der Waals surface area (Å²) in [5.74, 6) is -0.350. The number of hydrogen-bond acceptors (Lipinski definition) is 5. The Morgan fingerprint density at radius 2 is 1.80 bits per heavy atom. The number of benzene rings is 1. The molecular weight excluding hydrogens is 362 g/mol. The van der Waals surface area contributed by atoms with Crippen LogP contribution in [0.3, 0.4) is 0 Å². The highest BCUT2D eigenvalue weighted by atomic mass is 32.2. The molecule has 0 bridgehead atoms. The minimum atomic E-state index is -3.75. The molecule has 2 N–H and O–H groups in total. The zero-order valence-corrected chi connectivity index (χ0v) is 15.7. The lowest BCUT2D eigenvalue weighted by Gasteiger charge is -2.11. The molecule has 0 aliphatic rings. The second-order valence-corrected chi connectivity index (χ2v) is 9.33. The number of nitrogens with one attached hydrogen (secondary N) is 2. The van der Waals surface area contributed by atoms with Gasteiger partial charge in [0.2, 0.25) is 20.0 Å². The van der Waals surface area contributed by atoms with Gasteiger partial charge in [-0.05, 0) is 37.1 Å². The highest BCUT2D eigenvalue weighted by Gasteiger charge is 2.18. The zero-order valence-electron chi connectivity index (χ0n) is 14.1. The van der Waals surface area contributed by atoms with Crippen LogP contribution in [0.4, 0.5) is 0 Å². The van der Waals surface area contributed by atoms with Crippen LogP contribution in [0.25, 0.3) is 0 Å². The van der Waals surface area contributed by atoms with Crippen molar-refractivity contribution in [3.63, 3.8) is 0 Å². The average molecular weight is 383 g/mol. The van der Waals surface area contributed by atoms with Crippen LogP contribution in [0.1, 0.15) is 16.7 Å². The van der Waals surface area contributed by atoms with Crippen LogP contribution in [0.2, 0.25) is 0 Å². The Kier molecular flexibility index (Phi) is 6.28. The van der Waals surface area contributed by atoms with Gasteiger partial charge in [0.05, 0.1) is 10.6 Å². The first-order valence-corrected chi connectivity index (χ1v) is 10.8. The Morgan fingerprint density at radius 3 is 2.44 bits per heavy atom. The van der Waals surface area contributed by atoms with Crippen molar-refractivity contribution in [2.24, 2.45) is 0 Å². The van der Waals surface area contributed by atoms with E-state index in [4.69, 9.17) is 0 Å². The lowest BCUT2D eigenvalue weighted by molar-refractivity contribution is 0.574. The van der Waals surface area contributed by atoms with E-state index in [0.717, 1.165) is 11.1 Å². The minimum Gasteiger partial charge on any atom is -0.264 e. The van der Waals surface area contributed by atoms with Crippen LogP contribution in [0.15, 0.2) is 47.6 Å². The van der Waals surface area contributed by atoms with Gasteiger partial charge in [-0.2, -0.15) is 0 Å². The smallest absolute Gasteiger partial charge is 0.240 e. The van der Waals surface area contributed by atoms with E-state index in [9.17, 15) is 16.8 Å². The molecule has 2 aromatic rings. The fraction of sp³-hybridized carbons (Fsp3) is 0.312. The topological polar surface area (TPSA) is 105 Å². The molecule has 25 heavy (non-hydrogen) atoms.